The molecule has 0 atom stereocenters. The Balaban J connectivity index is 2.04. The fourth-order valence-electron chi connectivity index (χ4n) is 1.72. The van der Waals surface area contributed by atoms with Gasteiger partial charge in [-0.05, 0) is 6.92 Å². The SMILES string of the molecule is Cc1csc(CN(C)S(=O)(=O)N2CCOCC2)n1. The summed E-state index contributed by atoms with van der Waals surface area (Å²) in [5.41, 5.74) is 0.923. The summed E-state index contributed by atoms with van der Waals surface area (Å²) in [5.74, 6) is 0. The van der Waals surface area contributed by atoms with Gasteiger partial charge in [-0.25, -0.2) is 4.98 Å². The first-order valence-electron chi connectivity index (χ1n) is 5.70. The molecule has 2 heterocycles. The van der Waals surface area contributed by atoms with E-state index in [1.54, 1.807) is 7.05 Å². The van der Waals surface area contributed by atoms with Crippen LogP contribution in [-0.2, 0) is 21.5 Å². The standard InChI is InChI=1S/C10H17N3O3S2/c1-9-8-17-10(11-9)7-12(2)18(14,15)13-3-5-16-6-4-13/h8H,3-7H2,1-2H3. The molecule has 1 saturated heterocycles. The molecule has 0 radical (unpaired) electrons. The molecule has 0 bridgehead atoms. The van der Waals surface area contributed by atoms with Crippen LogP contribution in [0.15, 0.2) is 5.38 Å². The maximum absolute atomic E-state index is 12.3. The Morgan fingerprint density at radius 2 is 2.17 bits per heavy atom. The highest BCUT2D eigenvalue weighted by Gasteiger charge is 2.28. The fraction of sp³-hybridized carbons (Fsp3) is 0.700. The normalized spacial score (nSPS) is 18.4. The average Bonchev–Trinajstić information content (AvgIpc) is 2.76. The van der Waals surface area contributed by atoms with Gasteiger partial charge in [0, 0.05) is 31.2 Å². The molecule has 0 saturated carbocycles. The van der Waals surface area contributed by atoms with Crippen molar-refractivity contribution in [1.29, 1.82) is 0 Å². The highest BCUT2D eigenvalue weighted by molar-refractivity contribution is 7.86. The molecule has 0 unspecified atom stereocenters. The van der Waals surface area contributed by atoms with Crippen molar-refractivity contribution in [3.05, 3.63) is 16.1 Å². The van der Waals surface area contributed by atoms with Gasteiger partial charge in [-0.15, -0.1) is 11.3 Å². The molecule has 8 heteroatoms. The third-order valence-corrected chi connectivity index (χ3v) is 5.60. The van der Waals surface area contributed by atoms with Crippen molar-refractivity contribution in [3.8, 4) is 0 Å². The Morgan fingerprint density at radius 3 is 2.72 bits per heavy atom. The van der Waals surface area contributed by atoms with Crippen LogP contribution in [0.3, 0.4) is 0 Å². The van der Waals surface area contributed by atoms with Crippen LogP contribution in [0, 0.1) is 6.92 Å². The maximum atomic E-state index is 12.3. The molecule has 1 fully saturated rings. The van der Waals surface area contributed by atoms with Crippen LogP contribution < -0.4 is 0 Å². The van der Waals surface area contributed by atoms with Crippen molar-refractivity contribution in [2.45, 2.75) is 13.5 Å². The largest absolute Gasteiger partial charge is 0.379 e. The summed E-state index contributed by atoms with van der Waals surface area (Å²) in [7, 11) is -1.81. The first-order valence-corrected chi connectivity index (χ1v) is 7.98. The smallest absolute Gasteiger partial charge is 0.282 e. The van der Waals surface area contributed by atoms with Gasteiger partial charge in [0.05, 0.1) is 19.8 Å². The van der Waals surface area contributed by atoms with Gasteiger partial charge in [-0.2, -0.15) is 17.0 Å². The molecular formula is C10H17N3O3S2. The summed E-state index contributed by atoms with van der Waals surface area (Å²) < 4.78 is 32.5. The van der Waals surface area contributed by atoms with E-state index in [9.17, 15) is 8.42 Å². The van der Waals surface area contributed by atoms with Crippen molar-refractivity contribution in [2.24, 2.45) is 0 Å². The van der Waals surface area contributed by atoms with Crippen LogP contribution in [0.4, 0.5) is 0 Å². The van der Waals surface area contributed by atoms with Crippen molar-refractivity contribution in [2.75, 3.05) is 33.4 Å². The van der Waals surface area contributed by atoms with Crippen LogP contribution in [0.25, 0.3) is 0 Å². The molecule has 0 aliphatic carbocycles. The Labute approximate surface area is 111 Å². The van der Waals surface area contributed by atoms with Crippen molar-refractivity contribution in [1.82, 2.24) is 13.6 Å². The zero-order valence-corrected chi connectivity index (χ0v) is 12.1. The predicted molar refractivity (Wildman–Crippen MR) is 69.6 cm³/mol. The topological polar surface area (TPSA) is 62.7 Å². The number of rotatable bonds is 4. The first kappa shape index (κ1) is 13.9. The lowest BCUT2D eigenvalue weighted by Crippen LogP contribution is -2.47. The Kier molecular flexibility index (Phi) is 4.33. The predicted octanol–water partition coefficient (Wildman–Crippen LogP) is 0.460. The Morgan fingerprint density at radius 1 is 1.50 bits per heavy atom. The number of aryl methyl sites for hydroxylation is 1. The molecule has 0 aromatic carbocycles. The van der Waals surface area contributed by atoms with Crippen molar-refractivity contribution >= 4 is 21.5 Å². The van der Waals surface area contributed by atoms with Gasteiger partial charge < -0.3 is 4.74 Å². The number of ether oxygens (including phenoxy) is 1. The number of thiazole rings is 1. The van der Waals surface area contributed by atoms with Crippen LogP contribution in [-0.4, -0.2) is 55.4 Å². The number of aromatic nitrogens is 1. The summed E-state index contributed by atoms with van der Waals surface area (Å²) in [6.07, 6.45) is 0. The number of hydrogen-bond donors (Lipinski definition) is 0. The zero-order valence-electron chi connectivity index (χ0n) is 10.5. The van der Waals surface area contributed by atoms with Gasteiger partial charge in [0.2, 0.25) is 0 Å². The van der Waals surface area contributed by atoms with E-state index in [1.807, 2.05) is 12.3 Å². The molecule has 1 aromatic rings. The highest BCUT2D eigenvalue weighted by Crippen LogP contribution is 2.15. The Hall–Kier alpha value is -0.540. The minimum atomic E-state index is -3.40. The molecule has 18 heavy (non-hydrogen) atoms. The van der Waals surface area contributed by atoms with Crippen LogP contribution in [0.2, 0.25) is 0 Å². The van der Waals surface area contributed by atoms with Gasteiger partial charge in [0.15, 0.2) is 0 Å². The van der Waals surface area contributed by atoms with Gasteiger partial charge in [-0.1, -0.05) is 0 Å². The van der Waals surface area contributed by atoms with E-state index >= 15 is 0 Å². The Bertz CT molecular complexity index is 494. The monoisotopic (exact) mass is 291 g/mol. The van der Waals surface area contributed by atoms with E-state index in [0.717, 1.165) is 10.7 Å². The fourth-order valence-corrected chi connectivity index (χ4v) is 3.92. The van der Waals surface area contributed by atoms with E-state index in [1.165, 1.54) is 19.9 Å². The maximum Gasteiger partial charge on any atom is 0.282 e. The average molecular weight is 291 g/mol. The van der Waals surface area contributed by atoms with E-state index < -0.39 is 10.2 Å². The summed E-state index contributed by atoms with van der Waals surface area (Å²) in [6.45, 7) is 3.98. The van der Waals surface area contributed by atoms with Crippen LogP contribution in [0.1, 0.15) is 10.7 Å². The van der Waals surface area contributed by atoms with Gasteiger partial charge in [0.25, 0.3) is 10.2 Å². The quantitative estimate of drug-likeness (QED) is 0.808. The molecule has 0 spiro atoms. The van der Waals surface area contributed by atoms with Crippen molar-refractivity contribution < 1.29 is 13.2 Å². The molecule has 2 rings (SSSR count). The summed E-state index contributed by atoms with van der Waals surface area (Å²) in [6, 6.07) is 0. The van der Waals surface area contributed by atoms with Crippen LogP contribution in [0.5, 0.6) is 0 Å². The van der Waals surface area contributed by atoms with Gasteiger partial charge >= 0.3 is 0 Å². The summed E-state index contributed by atoms with van der Waals surface area (Å²) in [5, 5.41) is 2.73. The third kappa shape index (κ3) is 3.07. The number of nitrogens with zero attached hydrogens (tertiary/aromatic N) is 3. The lowest BCUT2D eigenvalue weighted by atomic mass is 10.5. The first-order chi connectivity index (χ1) is 8.50. The van der Waals surface area contributed by atoms with E-state index in [2.05, 4.69) is 4.98 Å². The highest BCUT2D eigenvalue weighted by atomic mass is 32.2. The third-order valence-electron chi connectivity index (χ3n) is 2.71. The van der Waals surface area contributed by atoms with E-state index in [4.69, 9.17) is 4.74 Å². The molecule has 1 aromatic heterocycles. The molecule has 1 aliphatic rings. The lowest BCUT2D eigenvalue weighted by molar-refractivity contribution is 0.0705. The van der Waals surface area contributed by atoms with Gasteiger partial charge in [0.1, 0.15) is 5.01 Å². The minimum absolute atomic E-state index is 0.318. The number of hydrogen-bond acceptors (Lipinski definition) is 5. The lowest BCUT2D eigenvalue weighted by Gasteiger charge is -2.29. The zero-order chi connectivity index (χ0) is 13.2. The molecule has 0 amide bonds. The number of morpholine rings is 1. The molecular weight excluding hydrogens is 274 g/mol. The molecule has 1 aliphatic heterocycles. The second-order valence-corrected chi connectivity index (χ2v) is 7.14. The van der Waals surface area contributed by atoms with Gasteiger partial charge in [-0.3, -0.25) is 0 Å². The van der Waals surface area contributed by atoms with Crippen molar-refractivity contribution in [3.63, 3.8) is 0 Å². The molecule has 0 N–H and O–H groups in total. The molecule has 102 valence electrons. The van der Waals surface area contributed by atoms with E-state index in [0.29, 0.717) is 32.8 Å². The summed E-state index contributed by atoms with van der Waals surface area (Å²) in [4.78, 5) is 4.28. The minimum Gasteiger partial charge on any atom is -0.379 e. The second-order valence-electron chi connectivity index (χ2n) is 4.16. The van der Waals surface area contributed by atoms with E-state index in [-0.39, 0.29) is 0 Å². The molecule has 6 nitrogen and oxygen atoms in total. The summed E-state index contributed by atoms with van der Waals surface area (Å²) >= 11 is 1.48. The van der Waals surface area contributed by atoms with Crippen LogP contribution >= 0.6 is 11.3 Å². The second kappa shape index (κ2) is 5.62.